The van der Waals surface area contributed by atoms with Gasteiger partial charge in [0.15, 0.2) is 0 Å². The molecular formula is C14H20O5S. The van der Waals surface area contributed by atoms with Crippen molar-refractivity contribution in [3.05, 3.63) is 29.8 Å². The lowest BCUT2D eigenvalue weighted by atomic mass is 10.2. The van der Waals surface area contributed by atoms with Crippen LogP contribution in [-0.2, 0) is 23.8 Å². The Hall–Kier alpha value is -1.40. The van der Waals surface area contributed by atoms with Crippen molar-refractivity contribution in [2.45, 2.75) is 44.6 Å². The Labute approximate surface area is 120 Å². The predicted molar refractivity (Wildman–Crippen MR) is 74.8 cm³/mol. The highest BCUT2D eigenvalue weighted by Gasteiger charge is 2.18. The SMILES string of the molecule is CCCC(=O)O[C@@H](C)COS(=O)(=O)c1ccc(C)cc1. The Morgan fingerprint density at radius 3 is 2.40 bits per heavy atom. The van der Waals surface area contributed by atoms with Crippen molar-refractivity contribution in [2.75, 3.05) is 6.61 Å². The fraction of sp³-hybridized carbons (Fsp3) is 0.500. The van der Waals surface area contributed by atoms with Crippen LogP contribution in [0.25, 0.3) is 0 Å². The summed E-state index contributed by atoms with van der Waals surface area (Å²) in [6.45, 7) is 5.14. The van der Waals surface area contributed by atoms with Gasteiger partial charge in [-0.15, -0.1) is 0 Å². The highest BCUT2D eigenvalue weighted by Crippen LogP contribution is 2.14. The predicted octanol–water partition coefficient (Wildman–Crippen LogP) is 2.43. The first kappa shape index (κ1) is 16.7. The maximum Gasteiger partial charge on any atom is 0.306 e. The number of benzene rings is 1. The van der Waals surface area contributed by atoms with E-state index in [4.69, 9.17) is 8.92 Å². The van der Waals surface area contributed by atoms with E-state index in [2.05, 4.69) is 0 Å². The van der Waals surface area contributed by atoms with Gasteiger partial charge in [0.2, 0.25) is 0 Å². The summed E-state index contributed by atoms with van der Waals surface area (Å²) < 4.78 is 33.7. The normalized spacial score (nSPS) is 12.9. The Balaban J connectivity index is 2.55. The Bertz CT molecular complexity index is 533. The summed E-state index contributed by atoms with van der Waals surface area (Å²) in [5.41, 5.74) is 0.964. The largest absolute Gasteiger partial charge is 0.460 e. The minimum atomic E-state index is -3.81. The number of carbonyl (C=O) groups is 1. The lowest BCUT2D eigenvalue weighted by Crippen LogP contribution is -2.22. The molecule has 1 aromatic rings. The lowest BCUT2D eigenvalue weighted by Gasteiger charge is -2.13. The van der Waals surface area contributed by atoms with Crippen molar-refractivity contribution in [3.63, 3.8) is 0 Å². The standard InChI is InChI=1S/C14H20O5S/c1-4-5-14(15)19-12(3)10-18-20(16,17)13-8-6-11(2)7-9-13/h6-9,12H,4-5,10H2,1-3H3/t12-/m0/s1. The molecule has 5 nitrogen and oxygen atoms in total. The number of aryl methyl sites for hydroxylation is 1. The summed E-state index contributed by atoms with van der Waals surface area (Å²) in [6.07, 6.45) is 0.401. The summed E-state index contributed by atoms with van der Waals surface area (Å²) in [5.74, 6) is -0.351. The first-order valence-corrected chi connectivity index (χ1v) is 7.91. The van der Waals surface area contributed by atoms with E-state index in [-0.39, 0.29) is 17.5 Å². The van der Waals surface area contributed by atoms with E-state index in [1.165, 1.54) is 12.1 Å². The molecule has 0 aromatic heterocycles. The van der Waals surface area contributed by atoms with Crippen LogP contribution < -0.4 is 0 Å². The zero-order valence-corrected chi connectivity index (χ0v) is 12.8. The molecule has 0 aliphatic heterocycles. The average Bonchev–Trinajstić information content (AvgIpc) is 2.37. The van der Waals surface area contributed by atoms with Crippen LogP contribution in [0.15, 0.2) is 29.2 Å². The molecule has 6 heteroatoms. The van der Waals surface area contributed by atoms with Crippen LogP contribution in [0.5, 0.6) is 0 Å². The molecule has 0 saturated carbocycles. The van der Waals surface area contributed by atoms with Crippen LogP contribution >= 0.6 is 0 Å². The molecule has 0 aliphatic rings. The summed E-state index contributed by atoms with van der Waals surface area (Å²) in [4.78, 5) is 11.4. The summed E-state index contributed by atoms with van der Waals surface area (Å²) in [5, 5.41) is 0. The van der Waals surface area contributed by atoms with E-state index < -0.39 is 16.2 Å². The van der Waals surface area contributed by atoms with E-state index >= 15 is 0 Å². The van der Waals surface area contributed by atoms with Gasteiger partial charge in [0.25, 0.3) is 10.1 Å². The molecule has 0 unspecified atom stereocenters. The third kappa shape index (κ3) is 5.30. The average molecular weight is 300 g/mol. The number of carbonyl (C=O) groups excluding carboxylic acids is 1. The van der Waals surface area contributed by atoms with Gasteiger partial charge in [-0.1, -0.05) is 24.6 Å². The van der Waals surface area contributed by atoms with Gasteiger partial charge in [-0.3, -0.25) is 8.98 Å². The molecule has 0 saturated heterocycles. The van der Waals surface area contributed by atoms with Crippen molar-refractivity contribution in [3.8, 4) is 0 Å². The van der Waals surface area contributed by atoms with Gasteiger partial charge < -0.3 is 4.74 Å². The summed E-state index contributed by atoms with van der Waals surface area (Å²) in [7, 11) is -3.81. The van der Waals surface area contributed by atoms with Crippen LogP contribution in [0.2, 0.25) is 0 Å². The molecule has 0 fully saturated rings. The Morgan fingerprint density at radius 1 is 1.25 bits per heavy atom. The van der Waals surface area contributed by atoms with E-state index in [1.54, 1.807) is 19.1 Å². The van der Waals surface area contributed by atoms with Crippen molar-refractivity contribution in [2.24, 2.45) is 0 Å². The van der Waals surface area contributed by atoms with Crippen LogP contribution in [0.4, 0.5) is 0 Å². The first-order chi connectivity index (χ1) is 9.35. The van der Waals surface area contributed by atoms with Crippen LogP contribution in [0, 0.1) is 6.92 Å². The zero-order valence-electron chi connectivity index (χ0n) is 12.0. The molecule has 0 amide bonds. The third-order valence-electron chi connectivity index (χ3n) is 2.55. The summed E-state index contributed by atoms with van der Waals surface area (Å²) in [6, 6.07) is 6.36. The fourth-order valence-electron chi connectivity index (χ4n) is 1.48. The van der Waals surface area contributed by atoms with Crippen molar-refractivity contribution in [1.82, 2.24) is 0 Å². The molecule has 1 rings (SSSR count). The minimum absolute atomic E-state index is 0.0928. The highest BCUT2D eigenvalue weighted by atomic mass is 32.2. The van der Waals surface area contributed by atoms with Gasteiger partial charge in [0.1, 0.15) is 12.7 Å². The molecule has 1 atom stereocenters. The van der Waals surface area contributed by atoms with Gasteiger partial charge in [0.05, 0.1) is 4.90 Å². The van der Waals surface area contributed by atoms with Gasteiger partial charge in [-0.05, 0) is 32.4 Å². The maximum absolute atomic E-state index is 11.9. The third-order valence-corrected chi connectivity index (χ3v) is 3.85. The molecule has 0 N–H and O–H groups in total. The van der Waals surface area contributed by atoms with Gasteiger partial charge in [0, 0.05) is 6.42 Å². The maximum atomic E-state index is 11.9. The topological polar surface area (TPSA) is 69.7 Å². The van der Waals surface area contributed by atoms with Crippen LogP contribution in [0.1, 0.15) is 32.3 Å². The Kier molecular flexibility index (Phi) is 6.16. The molecule has 112 valence electrons. The minimum Gasteiger partial charge on any atom is -0.460 e. The van der Waals surface area contributed by atoms with Crippen molar-refractivity contribution in [1.29, 1.82) is 0 Å². The molecule has 0 bridgehead atoms. The highest BCUT2D eigenvalue weighted by molar-refractivity contribution is 7.86. The van der Waals surface area contributed by atoms with Crippen LogP contribution in [0.3, 0.4) is 0 Å². The van der Waals surface area contributed by atoms with Gasteiger partial charge in [-0.2, -0.15) is 8.42 Å². The molecule has 0 spiro atoms. The second kappa shape index (κ2) is 7.40. The van der Waals surface area contributed by atoms with Crippen LogP contribution in [-0.4, -0.2) is 27.1 Å². The molecule has 1 aromatic carbocycles. The quantitative estimate of drug-likeness (QED) is 0.571. The molecular weight excluding hydrogens is 280 g/mol. The molecule has 0 heterocycles. The fourth-order valence-corrected chi connectivity index (χ4v) is 2.46. The number of hydrogen-bond acceptors (Lipinski definition) is 5. The van der Waals surface area contributed by atoms with Crippen molar-refractivity contribution < 1.29 is 22.1 Å². The molecule has 20 heavy (non-hydrogen) atoms. The number of hydrogen-bond donors (Lipinski definition) is 0. The monoisotopic (exact) mass is 300 g/mol. The number of rotatable bonds is 7. The molecule has 0 radical (unpaired) electrons. The van der Waals surface area contributed by atoms with Crippen molar-refractivity contribution >= 4 is 16.1 Å². The van der Waals surface area contributed by atoms with E-state index in [0.717, 1.165) is 5.56 Å². The number of ether oxygens (including phenoxy) is 1. The summed E-state index contributed by atoms with van der Waals surface area (Å²) >= 11 is 0. The van der Waals surface area contributed by atoms with E-state index in [9.17, 15) is 13.2 Å². The second-order valence-corrected chi connectivity index (χ2v) is 6.22. The van der Waals surface area contributed by atoms with Gasteiger partial charge in [-0.25, -0.2) is 0 Å². The van der Waals surface area contributed by atoms with E-state index in [0.29, 0.717) is 12.8 Å². The zero-order chi connectivity index (χ0) is 15.2. The second-order valence-electron chi connectivity index (χ2n) is 4.60. The molecule has 0 aliphatic carbocycles. The van der Waals surface area contributed by atoms with Gasteiger partial charge >= 0.3 is 5.97 Å². The first-order valence-electron chi connectivity index (χ1n) is 6.50. The van der Waals surface area contributed by atoms with E-state index in [1.807, 2.05) is 13.8 Å². The number of esters is 1. The Morgan fingerprint density at radius 2 is 1.85 bits per heavy atom. The lowest BCUT2D eigenvalue weighted by molar-refractivity contribution is -0.149. The smallest absolute Gasteiger partial charge is 0.306 e.